The van der Waals surface area contributed by atoms with Gasteiger partial charge in [0, 0.05) is 32.9 Å². The molecule has 7 nitrogen and oxygen atoms in total. The lowest BCUT2D eigenvalue weighted by Crippen LogP contribution is -2.37. The van der Waals surface area contributed by atoms with Gasteiger partial charge in [0.05, 0.1) is 6.54 Å². The van der Waals surface area contributed by atoms with Crippen molar-refractivity contribution in [3.05, 3.63) is 0 Å². The highest BCUT2D eigenvalue weighted by Gasteiger charge is 2.07. The predicted molar refractivity (Wildman–Crippen MR) is 76.7 cm³/mol. The van der Waals surface area contributed by atoms with Gasteiger partial charge in [-0.2, -0.15) is 0 Å². The number of ketones is 2. The Bertz CT molecular complexity index is 368. The van der Waals surface area contributed by atoms with Gasteiger partial charge in [-0.05, 0) is 19.8 Å². The van der Waals surface area contributed by atoms with Crippen molar-refractivity contribution in [2.75, 3.05) is 26.8 Å². The number of ether oxygens (including phenoxy) is 1. The molecule has 2 N–H and O–H groups in total. The Morgan fingerprint density at radius 3 is 2.24 bits per heavy atom. The summed E-state index contributed by atoms with van der Waals surface area (Å²) in [5, 5.41) is 5.09. The van der Waals surface area contributed by atoms with Gasteiger partial charge in [0.2, 0.25) is 11.8 Å². The summed E-state index contributed by atoms with van der Waals surface area (Å²) in [4.78, 5) is 44.6. The molecule has 0 aliphatic heterocycles. The van der Waals surface area contributed by atoms with Crippen molar-refractivity contribution in [3.8, 4) is 0 Å². The van der Waals surface area contributed by atoms with Crippen molar-refractivity contribution in [1.29, 1.82) is 0 Å². The third-order valence-electron chi connectivity index (χ3n) is 2.64. The fourth-order valence-electron chi connectivity index (χ4n) is 1.57. The third kappa shape index (κ3) is 13.0. The lowest BCUT2D eigenvalue weighted by molar-refractivity contribution is -0.126. The van der Waals surface area contributed by atoms with E-state index in [0.717, 1.165) is 0 Å². The maximum Gasteiger partial charge on any atom is 0.239 e. The van der Waals surface area contributed by atoms with Crippen LogP contribution in [0, 0.1) is 0 Å². The minimum absolute atomic E-state index is 0.0477. The molecule has 0 atom stereocenters. The monoisotopic (exact) mass is 300 g/mol. The van der Waals surface area contributed by atoms with E-state index in [4.69, 9.17) is 0 Å². The maximum atomic E-state index is 11.4. The van der Waals surface area contributed by atoms with Crippen LogP contribution in [-0.2, 0) is 23.9 Å². The molecule has 0 saturated heterocycles. The number of carbonyl (C=O) groups is 4. The Morgan fingerprint density at radius 1 is 0.905 bits per heavy atom. The number of methoxy groups -OCH3 is 1. The van der Waals surface area contributed by atoms with E-state index >= 15 is 0 Å². The number of carbonyl (C=O) groups excluding carboxylic acids is 4. The van der Waals surface area contributed by atoms with Crippen molar-refractivity contribution in [2.45, 2.75) is 39.0 Å². The average molecular weight is 300 g/mol. The summed E-state index contributed by atoms with van der Waals surface area (Å²) in [6.45, 7) is 1.88. The summed E-state index contributed by atoms with van der Waals surface area (Å²) in [6, 6.07) is 0. The summed E-state index contributed by atoms with van der Waals surface area (Å²) < 4.78 is 4.68. The summed E-state index contributed by atoms with van der Waals surface area (Å²) in [7, 11) is 1.44. The molecule has 0 aromatic heterocycles. The Hall–Kier alpha value is -1.76. The van der Waals surface area contributed by atoms with Gasteiger partial charge in [0.25, 0.3) is 0 Å². The van der Waals surface area contributed by atoms with E-state index in [1.165, 1.54) is 14.0 Å². The molecule has 0 aliphatic rings. The highest BCUT2D eigenvalue weighted by molar-refractivity contribution is 5.85. The van der Waals surface area contributed by atoms with Crippen molar-refractivity contribution in [2.24, 2.45) is 0 Å². The fraction of sp³-hybridized carbons (Fsp3) is 0.714. The number of hydrogen-bond donors (Lipinski definition) is 2. The van der Waals surface area contributed by atoms with Crippen molar-refractivity contribution < 1.29 is 23.9 Å². The van der Waals surface area contributed by atoms with Crippen LogP contribution in [0.4, 0.5) is 0 Å². The number of nitrogens with one attached hydrogen (secondary N) is 2. The van der Waals surface area contributed by atoms with Crippen LogP contribution in [0.3, 0.4) is 0 Å². The minimum Gasteiger partial charge on any atom is -0.377 e. The van der Waals surface area contributed by atoms with E-state index in [1.54, 1.807) is 0 Å². The smallest absolute Gasteiger partial charge is 0.239 e. The highest BCUT2D eigenvalue weighted by Crippen LogP contribution is 1.96. The van der Waals surface area contributed by atoms with E-state index in [0.29, 0.717) is 32.2 Å². The number of Topliss-reactive ketones (excluding diaryl/α,β-unsaturated/α-hetero) is 2. The zero-order valence-corrected chi connectivity index (χ0v) is 12.7. The summed E-state index contributed by atoms with van der Waals surface area (Å²) >= 11 is 0. The second-order valence-electron chi connectivity index (χ2n) is 4.76. The zero-order chi connectivity index (χ0) is 16.1. The van der Waals surface area contributed by atoms with Gasteiger partial charge < -0.3 is 20.2 Å². The van der Waals surface area contributed by atoms with Crippen LogP contribution in [0.15, 0.2) is 0 Å². The van der Waals surface area contributed by atoms with Gasteiger partial charge in [-0.25, -0.2) is 0 Å². The second-order valence-corrected chi connectivity index (χ2v) is 4.76. The van der Waals surface area contributed by atoms with E-state index in [1.807, 2.05) is 0 Å². The Kier molecular flexibility index (Phi) is 11.0. The second kappa shape index (κ2) is 12.0. The summed E-state index contributed by atoms with van der Waals surface area (Å²) in [6.07, 6.45) is 1.96. The van der Waals surface area contributed by atoms with E-state index < -0.39 is 0 Å². The maximum absolute atomic E-state index is 11.4. The van der Waals surface area contributed by atoms with Gasteiger partial charge in [0.15, 0.2) is 5.78 Å². The molecular formula is C14H24N2O5. The Labute approximate surface area is 124 Å². The van der Waals surface area contributed by atoms with E-state index in [-0.39, 0.29) is 43.0 Å². The minimum atomic E-state index is -0.289. The van der Waals surface area contributed by atoms with Crippen molar-refractivity contribution in [1.82, 2.24) is 10.6 Å². The first-order valence-corrected chi connectivity index (χ1v) is 6.99. The first-order chi connectivity index (χ1) is 9.95. The number of hydrogen-bond acceptors (Lipinski definition) is 5. The topological polar surface area (TPSA) is 102 Å². The molecule has 0 spiro atoms. The van der Waals surface area contributed by atoms with Gasteiger partial charge in [-0.3, -0.25) is 14.4 Å². The van der Waals surface area contributed by atoms with Crippen molar-refractivity contribution >= 4 is 23.4 Å². The molecule has 0 aromatic carbocycles. The quantitative estimate of drug-likeness (QED) is 0.493. The zero-order valence-electron chi connectivity index (χ0n) is 12.7. The van der Waals surface area contributed by atoms with Crippen LogP contribution in [-0.4, -0.2) is 50.2 Å². The molecule has 7 heteroatoms. The standard InChI is InChI=1S/C14H24N2O5/c1-11(17)5-4-8-15-14(20)9-16-13(19)7-3-6-12(18)10-21-2/h3-10H2,1-2H3,(H,15,20)(H,16,19). The normalized spacial score (nSPS) is 10.0. The van der Waals surface area contributed by atoms with Crippen LogP contribution >= 0.6 is 0 Å². The Balaban J connectivity index is 3.57. The molecule has 0 fully saturated rings. The Morgan fingerprint density at radius 2 is 1.62 bits per heavy atom. The number of rotatable bonds is 12. The lowest BCUT2D eigenvalue weighted by atomic mass is 10.2. The molecule has 2 amide bonds. The van der Waals surface area contributed by atoms with Crippen molar-refractivity contribution in [3.63, 3.8) is 0 Å². The van der Waals surface area contributed by atoms with E-state index in [2.05, 4.69) is 15.4 Å². The third-order valence-corrected chi connectivity index (χ3v) is 2.64. The number of amides is 2. The van der Waals surface area contributed by atoms with Crippen LogP contribution in [0.1, 0.15) is 39.0 Å². The van der Waals surface area contributed by atoms with Crippen LogP contribution in [0.5, 0.6) is 0 Å². The van der Waals surface area contributed by atoms with Gasteiger partial charge in [-0.15, -0.1) is 0 Å². The van der Waals surface area contributed by atoms with Crippen LogP contribution in [0.2, 0.25) is 0 Å². The summed E-state index contributed by atoms with van der Waals surface area (Å²) in [5.41, 5.74) is 0. The average Bonchev–Trinajstić information content (AvgIpc) is 2.41. The SMILES string of the molecule is COCC(=O)CCCC(=O)NCC(=O)NCCCC(C)=O. The largest absolute Gasteiger partial charge is 0.377 e. The first kappa shape index (κ1) is 19.2. The molecule has 0 radical (unpaired) electrons. The molecule has 120 valence electrons. The van der Waals surface area contributed by atoms with Crippen LogP contribution < -0.4 is 10.6 Å². The molecule has 21 heavy (non-hydrogen) atoms. The molecular weight excluding hydrogens is 276 g/mol. The molecule has 0 rings (SSSR count). The highest BCUT2D eigenvalue weighted by atomic mass is 16.5. The predicted octanol–water partition coefficient (Wildman–Crippen LogP) is -0.0262. The molecule has 0 aliphatic carbocycles. The molecule has 0 bridgehead atoms. The fourth-order valence-corrected chi connectivity index (χ4v) is 1.57. The first-order valence-electron chi connectivity index (χ1n) is 6.99. The van der Waals surface area contributed by atoms with E-state index in [9.17, 15) is 19.2 Å². The molecule has 0 heterocycles. The molecule has 0 aromatic rings. The summed E-state index contributed by atoms with van der Waals surface area (Å²) in [5.74, 6) is -0.518. The van der Waals surface area contributed by atoms with Gasteiger partial charge in [-0.1, -0.05) is 0 Å². The van der Waals surface area contributed by atoms with Crippen LogP contribution in [0.25, 0.3) is 0 Å². The van der Waals surface area contributed by atoms with Gasteiger partial charge >= 0.3 is 0 Å². The molecule has 0 saturated carbocycles. The molecule has 0 unspecified atom stereocenters. The lowest BCUT2D eigenvalue weighted by Gasteiger charge is -2.06. The van der Waals surface area contributed by atoms with Gasteiger partial charge in [0.1, 0.15) is 12.4 Å².